The number of benzene rings is 1. The average Bonchev–Trinajstić information content (AvgIpc) is 2.72. The molecule has 5 heteroatoms. The summed E-state index contributed by atoms with van der Waals surface area (Å²) in [4.78, 5) is 8.66. The number of hydrogen-bond acceptors (Lipinski definition) is 3. The molecule has 1 aliphatic carbocycles. The van der Waals surface area contributed by atoms with Crippen LogP contribution in [0.5, 0.6) is 5.75 Å². The third-order valence-corrected chi connectivity index (χ3v) is 5.05. The summed E-state index contributed by atoms with van der Waals surface area (Å²) in [5, 5.41) is 6.97. The highest BCUT2D eigenvalue weighted by molar-refractivity contribution is 5.79. The number of aliphatic imine (C=N–C) groups is 1. The van der Waals surface area contributed by atoms with Gasteiger partial charge in [0, 0.05) is 25.8 Å². The van der Waals surface area contributed by atoms with Crippen molar-refractivity contribution in [2.75, 3.05) is 7.05 Å². The van der Waals surface area contributed by atoms with E-state index in [1.807, 2.05) is 37.4 Å². The monoisotopic (exact) mass is 366 g/mol. The predicted molar refractivity (Wildman–Crippen MR) is 110 cm³/mol. The molecule has 0 aliphatic heterocycles. The van der Waals surface area contributed by atoms with Crippen LogP contribution in [0.2, 0.25) is 0 Å². The molecule has 0 amide bonds. The highest BCUT2D eigenvalue weighted by Gasteiger charge is 2.18. The van der Waals surface area contributed by atoms with Gasteiger partial charge in [-0.25, -0.2) is 0 Å². The van der Waals surface area contributed by atoms with Crippen LogP contribution in [0.15, 0.2) is 53.7 Å². The zero-order chi connectivity index (χ0) is 18.9. The summed E-state index contributed by atoms with van der Waals surface area (Å²) in [6.45, 7) is 3.52. The van der Waals surface area contributed by atoms with Gasteiger partial charge in [0.25, 0.3) is 0 Å². The Labute approximate surface area is 162 Å². The highest BCUT2D eigenvalue weighted by atomic mass is 16.5. The van der Waals surface area contributed by atoms with E-state index in [4.69, 9.17) is 4.74 Å². The van der Waals surface area contributed by atoms with Crippen molar-refractivity contribution in [3.05, 3.63) is 59.9 Å². The molecule has 1 heterocycles. The highest BCUT2D eigenvalue weighted by Crippen LogP contribution is 2.23. The maximum Gasteiger partial charge on any atom is 0.191 e. The number of guanidine groups is 1. The molecule has 1 fully saturated rings. The first-order chi connectivity index (χ1) is 13.2. The van der Waals surface area contributed by atoms with Crippen LogP contribution >= 0.6 is 0 Å². The minimum atomic E-state index is 0.473. The fraction of sp³-hybridized carbons (Fsp3) is 0.455. The molecule has 0 unspecified atom stereocenters. The zero-order valence-corrected chi connectivity index (χ0v) is 16.3. The van der Waals surface area contributed by atoms with Gasteiger partial charge in [0.1, 0.15) is 12.4 Å². The second kappa shape index (κ2) is 9.95. The summed E-state index contributed by atoms with van der Waals surface area (Å²) in [5.74, 6) is 2.57. The maximum absolute atomic E-state index is 5.86. The molecule has 0 saturated heterocycles. The van der Waals surface area contributed by atoms with Crippen LogP contribution in [0.25, 0.3) is 0 Å². The molecule has 0 atom stereocenters. The minimum absolute atomic E-state index is 0.473. The zero-order valence-electron chi connectivity index (χ0n) is 16.3. The van der Waals surface area contributed by atoms with E-state index in [0.717, 1.165) is 28.9 Å². The van der Waals surface area contributed by atoms with Gasteiger partial charge in [0.2, 0.25) is 0 Å². The van der Waals surface area contributed by atoms with Gasteiger partial charge < -0.3 is 15.4 Å². The molecular weight excluding hydrogens is 336 g/mol. The molecule has 1 aromatic carbocycles. The standard InChI is InChI=1S/C22H30N4O/c1-17-9-11-19(12-10-17)26-22(23-2)25-15-18-6-5-8-21(14-18)27-16-20-7-3-4-13-24-20/h3-8,13-14,17,19H,9-12,15-16H2,1-2H3,(H2,23,25,26). The smallest absolute Gasteiger partial charge is 0.191 e. The van der Waals surface area contributed by atoms with Crippen LogP contribution in [0, 0.1) is 5.92 Å². The van der Waals surface area contributed by atoms with Crippen molar-refractivity contribution >= 4 is 5.96 Å². The van der Waals surface area contributed by atoms with Gasteiger partial charge in [-0.3, -0.25) is 9.98 Å². The number of nitrogens with one attached hydrogen (secondary N) is 2. The molecule has 0 radical (unpaired) electrons. The SMILES string of the molecule is CN=C(NCc1cccc(OCc2ccccn2)c1)NC1CCC(C)CC1. The first kappa shape index (κ1) is 19.2. The molecule has 0 spiro atoms. The third-order valence-electron chi connectivity index (χ3n) is 5.05. The van der Waals surface area contributed by atoms with E-state index in [2.05, 4.69) is 39.7 Å². The van der Waals surface area contributed by atoms with Crippen molar-refractivity contribution in [3.8, 4) is 5.75 Å². The summed E-state index contributed by atoms with van der Waals surface area (Å²) >= 11 is 0. The van der Waals surface area contributed by atoms with E-state index in [9.17, 15) is 0 Å². The summed E-state index contributed by atoms with van der Waals surface area (Å²) in [7, 11) is 1.83. The van der Waals surface area contributed by atoms with Crippen molar-refractivity contribution < 1.29 is 4.74 Å². The lowest BCUT2D eigenvalue weighted by Crippen LogP contribution is -2.44. The Morgan fingerprint density at radius 3 is 2.74 bits per heavy atom. The second-order valence-electron chi connectivity index (χ2n) is 7.28. The van der Waals surface area contributed by atoms with Crippen LogP contribution in [0.4, 0.5) is 0 Å². The van der Waals surface area contributed by atoms with E-state index in [1.54, 1.807) is 6.20 Å². The summed E-state index contributed by atoms with van der Waals surface area (Å²) in [6, 6.07) is 14.5. The number of rotatable bonds is 6. The lowest BCUT2D eigenvalue weighted by atomic mass is 9.87. The van der Waals surface area contributed by atoms with Gasteiger partial charge in [0.05, 0.1) is 5.69 Å². The Bertz CT molecular complexity index is 724. The first-order valence-electron chi connectivity index (χ1n) is 9.82. The quantitative estimate of drug-likeness (QED) is 0.601. The lowest BCUT2D eigenvalue weighted by molar-refractivity contribution is 0.301. The molecule has 0 bridgehead atoms. The summed E-state index contributed by atoms with van der Waals surface area (Å²) in [6.07, 6.45) is 6.82. The Hall–Kier alpha value is -2.56. The number of aromatic nitrogens is 1. The molecule has 1 aromatic heterocycles. The Morgan fingerprint density at radius 1 is 1.15 bits per heavy atom. The van der Waals surface area contributed by atoms with Crippen molar-refractivity contribution in [2.24, 2.45) is 10.9 Å². The van der Waals surface area contributed by atoms with Crippen LogP contribution in [-0.4, -0.2) is 24.0 Å². The summed E-state index contributed by atoms with van der Waals surface area (Å²) in [5.41, 5.74) is 2.08. The first-order valence-corrected chi connectivity index (χ1v) is 9.82. The van der Waals surface area contributed by atoms with Crippen LogP contribution < -0.4 is 15.4 Å². The second-order valence-corrected chi connectivity index (χ2v) is 7.28. The van der Waals surface area contributed by atoms with E-state index in [0.29, 0.717) is 19.2 Å². The fourth-order valence-electron chi connectivity index (χ4n) is 3.36. The molecule has 144 valence electrons. The summed E-state index contributed by atoms with van der Waals surface area (Å²) < 4.78 is 5.86. The number of ether oxygens (including phenoxy) is 1. The number of nitrogens with zero attached hydrogens (tertiary/aromatic N) is 2. The Balaban J connectivity index is 1.48. The molecule has 1 aliphatic rings. The Morgan fingerprint density at radius 2 is 2.00 bits per heavy atom. The number of hydrogen-bond donors (Lipinski definition) is 2. The van der Waals surface area contributed by atoms with E-state index in [-0.39, 0.29) is 0 Å². The predicted octanol–water partition coefficient (Wildman–Crippen LogP) is 3.90. The van der Waals surface area contributed by atoms with Crippen molar-refractivity contribution in [1.29, 1.82) is 0 Å². The van der Waals surface area contributed by atoms with E-state index < -0.39 is 0 Å². The van der Waals surface area contributed by atoms with Crippen molar-refractivity contribution in [1.82, 2.24) is 15.6 Å². The van der Waals surface area contributed by atoms with Crippen LogP contribution in [0.1, 0.15) is 43.9 Å². The van der Waals surface area contributed by atoms with Crippen molar-refractivity contribution in [3.63, 3.8) is 0 Å². The lowest BCUT2D eigenvalue weighted by Gasteiger charge is -2.28. The van der Waals surface area contributed by atoms with Gasteiger partial charge in [-0.2, -0.15) is 0 Å². The molecular formula is C22H30N4O. The van der Waals surface area contributed by atoms with Gasteiger partial charge in [-0.1, -0.05) is 25.1 Å². The normalized spacial score (nSPS) is 20.1. The molecule has 2 N–H and O–H groups in total. The average molecular weight is 367 g/mol. The third kappa shape index (κ3) is 6.27. The molecule has 3 rings (SSSR count). The largest absolute Gasteiger partial charge is 0.487 e. The topological polar surface area (TPSA) is 58.5 Å². The van der Waals surface area contributed by atoms with E-state index in [1.165, 1.54) is 25.7 Å². The Kier molecular flexibility index (Phi) is 7.08. The molecule has 1 saturated carbocycles. The maximum atomic E-state index is 5.86. The van der Waals surface area contributed by atoms with E-state index >= 15 is 0 Å². The van der Waals surface area contributed by atoms with Gasteiger partial charge in [-0.15, -0.1) is 0 Å². The number of pyridine rings is 1. The van der Waals surface area contributed by atoms with Crippen LogP contribution in [-0.2, 0) is 13.2 Å². The fourth-order valence-corrected chi connectivity index (χ4v) is 3.36. The van der Waals surface area contributed by atoms with Crippen LogP contribution in [0.3, 0.4) is 0 Å². The van der Waals surface area contributed by atoms with Gasteiger partial charge in [-0.05, 0) is 61.4 Å². The van der Waals surface area contributed by atoms with Gasteiger partial charge >= 0.3 is 0 Å². The molecule has 2 aromatic rings. The molecule has 5 nitrogen and oxygen atoms in total. The van der Waals surface area contributed by atoms with Gasteiger partial charge in [0.15, 0.2) is 5.96 Å². The molecule has 27 heavy (non-hydrogen) atoms. The van der Waals surface area contributed by atoms with Crippen molar-refractivity contribution in [2.45, 2.75) is 51.8 Å². The minimum Gasteiger partial charge on any atom is -0.487 e.